The highest BCUT2D eigenvalue weighted by Crippen LogP contribution is 2.30. The highest BCUT2D eigenvalue weighted by Gasteiger charge is 2.27. The van der Waals surface area contributed by atoms with Crippen LogP contribution in [0.1, 0.15) is 48.1 Å². The lowest BCUT2D eigenvalue weighted by molar-refractivity contribution is 0.0434. The van der Waals surface area contributed by atoms with Crippen LogP contribution in [-0.4, -0.2) is 99.6 Å². The summed E-state index contributed by atoms with van der Waals surface area (Å²) in [6, 6.07) is 0. The molecule has 0 aromatic carbocycles. The summed E-state index contributed by atoms with van der Waals surface area (Å²) in [5.74, 6) is 0.130. The van der Waals surface area contributed by atoms with E-state index in [9.17, 15) is 9.59 Å². The Labute approximate surface area is 213 Å². The maximum absolute atomic E-state index is 12.0. The van der Waals surface area contributed by atoms with Crippen LogP contribution in [0.5, 0.6) is 0 Å². The van der Waals surface area contributed by atoms with Gasteiger partial charge in [0.25, 0.3) is 5.91 Å². The molecule has 1 aromatic rings. The van der Waals surface area contributed by atoms with E-state index in [0.29, 0.717) is 31.9 Å². The summed E-state index contributed by atoms with van der Waals surface area (Å²) >= 11 is 1.51. The number of rotatable bonds is 9. The molecule has 1 N–H and O–H groups in total. The fraction of sp³-hybridized carbons (Fsp3) is 0.640. The number of methoxy groups -OCH3 is 1. The number of allylic oxidation sites excluding steroid dienone is 2. The molecule has 9 nitrogen and oxygen atoms in total. The molecule has 10 heteroatoms. The molecule has 1 aromatic heterocycles. The van der Waals surface area contributed by atoms with Gasteiger partial charge in [-0.05, 0) is 26.7 Å². The number of hydrogen-bond donors (Lipinski definition) is 1. The van der Waals surface area contributed by atoms with Crippen LogP contribution in [0.25, 0.3) is 0 Å². The number of nitrogens with zero attached hydrogens (tertiary/aromatic N) is 3. The number of hydrogen-bond acceptors (Lipinski definition) is 8. The fourth-order valence-electron chi connectivity index (χ4n) is 3.59. The lowest BCUT2D eigenvalue weighted by Crippen LogP contribution is -2.38. The molecule has 2 aliphatic heterocycles. The third kappa shape index (κ3) is 10.9. The zero-order chi connectivity index (χ0) is 25.3. The normalized spacial score (nSPS) is 17.4. The molecular formula is C25H40N4O5S. The lowest BCUT2D eigenvalue weighted by atomic mass is 9.98. The average molecular weight is 509 g/mol. The van der Waals surface area contributed by atoms with E-state index < -0.39 is 0 Å². The Bertz CT molecular complexity index is 800. The number of nitrogens with one attached hydrogen (secondary N) is 1. The molecule has 2 saturated heterocycles. The molecule has 2 fully saturated rings. The van der Waals surface area contributed by atoms with Gasteiger partial charge in [0, 0.05) is 57.7 Å². The van der Waals surface area contributed by atoms with Crippen LogP contribution in [0.4, 0.5) is 4.79 Å². The molecule has 2 aliphatic rings. The molecule has 196 valence electrons. The topological polar surface area (TPSA) is 93.2 Å². The molecule has 0 bridgehead atoms. The van der Waals surface area contributed by atoms with Gasteiger partial charge in [-0.1, -0.05) is 24.3 Å². The van der Waals surface area contributed by atoms with Crippen molar-refractivity contribution >= 4 is 23.3 Å². The zero-order valence-electron chi connectivity index (χ0n) is 21.2. The fourth-order valence-corrected chi connectivity index (χ4v) is 4.56. The molecule has 0 spiro atoms. The van der Waals surface area contributed by atoms with E-state index in [1.807, 2.05) is 19.1 Å². The first-order chi connectivity index (χ1) is 17.1. The largest absolute Gasteiger partial charge is 0.447 e. The standard InChI is InChI=1S/C17H25N3O4S.C8H15NO/c1-3-4-7-18-15(21)14-12-25-16(19-14)13-5-8-20(9-6-13)17(22)24-11-10-23-2;1-2-3-4-9-5-7-10-8-6-9/h3-4,12-13H,5-11H2,1-2H3,(H,18,21);2-3H,4-8H2,1H3/b4-3-;3-2-. The van der Waals surface area contributed by atoms with Crippen LogP contribution in [0, 0.1) is 0 Å². The number of carbonyl (C=O) groups is 2. The summed E-state index contributed by atoms with van der Waals surface area (Å²) in [5.41, 5.74) is 0.464. The molecule has 0 radical (unpaired) electrons. The number of piperidine rings is 1. The van der Waals surface area contributed by atoms with Crippen molar-refractivity contribution in [2.45, 2.75) is 32.6 Å². The molecule has 2 amide bonds. The van der Waals surface area contributed by atoms with E-state index in [2.05, 4.69) is 34.3 Å². The van der Waals surface area contributed by atoms with E-state index >= 15 is 0 Å². The maximum Gasteiger partial charge on any atom is 0.409 e. The van der Waals surface area contributed by atoms with Gasteiger partial charge in [0.1, 0.15) is 12.3 Å². The molecule has 0 unspecified atom stereocenters. The minimum absolute atomic E-state index is 0.153. The Morgan fingerprint density at radius 1 is 1.14 bits per heavy atom. The van der Waals surface area contributed by atoms with Gasteiger partial charge < -0.3 is 24.4 Å². The second-order valence-corrected chi connectivity index (χ2v) is 9.09. The van der Waals surface area contributed by atoms with Crippen molar-refractivity contribution in [3.05, 3.63) is 40.4 Å². The highest BCUT2D eigenvalue weighted by molar-refractivity contribution is 7.09. The van der Waals surface area contributed by atoms with E-state index in [0.717, 1.165) is 50.7 Å². The second-order valence-electron chi connectivity index (χ2n) is 8.20. The Morgan fingerprint density at radius 2 is 1.86 bits per heavy atom. The highest BCUT2D eigenvalue weighted by atomic mass is 32.1. The van der Waals surface area contributed by atoms with Gasteiger partial charge in [0.2, 0.25) is 0 Å². The van der Waals surface area contributed by atoms with Crippen molar-refractivity contribution in [3.8, 4) is 0 Å². The van der Waals surface area contributed by atoms with Gasteiger partial charge in [0.15, 0.2) is 0 Å². The van der Waals surface area contributed by atoms with Crippen LogP contribution >= 0.6 is 11.3 Å². The molecule has 35 heavy (non-hydrogen) atoms. The molecule has 0 atom stereocenters. The van der Waals surface area contributed by atoms with Crippen LogP contribution in [-0.2, 0) is 14.2 Å². The van der Waals surface area contributed by atoms with Gasteiger partial charge in [-0.2, -0.15) is 0 Å². The quantitative estimate of drug-likeness (QED) is 0.404. The Morgan fingerprint density at radius 3 is 2.51 bits per heavy atom. The third-order valence-corrected chi connectivity index (χ3v) is 6.70. The first-order valence-electron chi connectivity index (χ1n) is 12.3. The van der Waals surface area contributed by atoms with Crippen molar-refractivity contribution in [2.75, 3.05) is 72.8 Å². The van der Waals surface area contributed by atoms with Crippen molar-refractivity contribution in [2.24, 2.45) is 0 Å². The summed E-state index contributed by atoms with van der Waals surface area (Å²) in [5, 5.41) is 5.56. The first-order valence-corrected chi connectivity index (χ1v) is 13.1. The van der Waals surface area contributed by atoms with Crippen molar-refractivity contribution in [3.63, 3.8) is 0 Å². The van der Waals surface area contributed by atoms with E-state index in [4.69, 9.17) is 14.2 Å². The minimum atomic E-state index is -0.293. The molecule has 3 heterocycles. The van der Waals surface area contributed by atoms with Crippen molar-refractivity contribution in [1.82, 2.24) is 20.1 Å². The average Bonchev–Trinajstić information content (AvgIpc) is 3.39. The van der Waals surface area contributed by atoms with Gasteiger partial charge >= 0.3 is 6.09 Å². The van der Waals surface area contributed by atoms with E-state index in [1.165, 1.54) is 11.3 Å². The predicted octanol–water partition coefficient (Wildman–Crippen LogP) is 3.31. The summed E-state index contributed by atoms with van der Waals surface area (Å²) in [6.45, 7) is 11.5. The molecule has 0 aliphatic carbocycles. The second kappa shape index (κ2) is 17.2. The first kappa shape index (κ1) is 29.0. The van der Waals surface area contributed by atoms with Crippen molar-refractivity contribution < 1.29 is 23.8 Å². The number of likely N-dealkylation sites (tertiary alicyclic amines) is 1. The summed E-state index contributed by atoms with van der Waals surface area (Å²) < 4.78 is 15.2. The van der Waals surface area contributed by atoms with Gasteiger partial charge in [-0.15, -0.1) is 11.3 Å². The van der Waals surface area contributed by atoms with Gasteiger partial charge in [0.05, 0.1) is 24.8 Å². The molecule has 0 saturated carbocycles. The predicted molar refractivity (Wildman–Crippen MR) is 138 cm³/mol. The van der Waals surface area contributed by atoms with Gasteiger partial charge in [-0.3, -0.25) is 9.69 Å². The third-order valence-electron chi connectivity index (χ3n) is 5.69. The van der Waals surface area contributed by atoms with Crippen LogP contribution in [0.3, 0.4) is 0 Å². The number of carbonyl (C=O) groups excluding carboxylic acids is 2. The van der Waals surface area contributed by atoms with Gasteiger partial charge in [-0.25, -0.2) is 9.78 Å². The SMILES string of the molecule is C/C=C\CN1CCOCC1.C/C=C\CNC(=O)c1csc(C2CCN(C(=O)OCCOC)CC2)n1. The summed E-state index contributed by atoms with van der Waals surface area (Å²) in [4.78, 5) is 32.5. The van der Waals surface area contributed by atoms with E-state index in [-0.39, 0.29) is 24.5 Å². The van der Waals surface area contributed by atoms with Crippen LogP contribution in [0.2, 0.25) is 0 Å². The van der Waals surface area contributed by atoms with Crippen molar-refractivity contribution in [1.29, 1.82) is 0 Å². The minimum Gasteiger partial charge on any atom is -0.447 e. The number of ether oxygens (including phenoxy) is 3. The number of aromatic nitrogens is 1. The molecule has 3 rings (SSSR count). The maximum atomic E-state index is 12.0. The van der Waals surface area contributed by atoms with E-state index in [1.54, 1.807) is 17.4 Å². The molecular weight excluding hydrogens is 468 g/mol. The Kier molecular flexibility index (Phi) is 14.2. The van der Waals surface area contributed by atoms with Crippen LogP contribution in [0.15, 0.2) is 29.7 Å². The lowest BCUT2D eigenvalue weighted by Gasteiger charge is -2.30. The Balaban J connectivity index is 0.000000360. The van der Waals surface area contributed by atoms with Crippen LogP contribution < -0.4 is 5.32 Å². The Hall–Kier alpha value is -2.27. The smallest absolute Gasteiger partial charge is 0.409 e. The summed E-state index contributed by atoms with van der Waals surface area (Å²) in [6.07, 6.45) is 9.41. The summed E-state index contributed by atoms with van der Waals surface area (Å²) in [7, 11) is 1.57. The number of thiazole rings is 1. The monoisotopic (exact) mass is 508 g/mol. The zero-order valence-corrected chi connectivity index (χ0v) is 22.1. The number of amides is 2. The number of morpholine rings is 1.